The van der Waals surface area contributed by atoms with Gasteiger partial charge in [-0.3, -0.25) is 9.36 Å². The van der Waals surface area contributed by atoms with Gasteiger partial charge in [0.15, 0.2) is 0 Å². The molecule has 10 nitrogen and oxygen atoms in total. The Labute approximate surface area is 219 Å². The topological polar surface area (TPSA) is 128 Å². The van der Waals surface area contributed by atoms with E-state index < -0.39 is 29.2 Å². The first kappa shape index (κ1) is 25.2. The van der Waals surface area contributed by atoms with Crippen molar-refractivity contribution in [2.75, 3.05) is 5.32 Å². The van der Waals surface area contributed by atoms with Crippen LogP contribution in [0.2, 0.25) is 5.02 Å². The summed E-state index contributed by atoms with van der Waals surface area (Å²) in [6.45, 7) is 0.0633. The van der Waals surface area contributed by atoms with E-state index in [1.54, 1.807) is 48.5 Å². The third-order valence-corrected chi connectivity index (χ3v) is 6.34. The van der Waals surface area contributed by atoms with Crippen molar-refractivity contribution in [3.05, 3.63) is 104 Å². The highest BCUT2D eigenvalue weighted by Crippen LogP contribution is 2.39. The van der Waals surface area contributed by atoms with Crippen LogP contribution in [-0.2, 0) is 17.9 Å². The van der Waals surface area contributed by atoms with Gasteiger partial charge in [-0.05, 0) is 60.4 Å². The molecule has 2 aromatic carbocycles. The van der Waals surface area contributed by atoms with Crippen LogP contribution in [0, 0.1) is 17.8 Å². The van der Waals surface area contributed by atoms with E-state index in [-0.39, 0.29) is 30.8 Å². The van der Waals surface area contributed by atoms with Crippen molar-refractivity contribution < 1.29 is 19.0 Å². The average Bonchev–Trinajstić information content (AvgIpc) is 3.66. The maximum atomic E-state index is 13.4. The van der Waals surface area contributed by atoms with Crippen LogP contribution in [0.5, 0.6) is 11.6 Å². The lowest BCUT2D eigenvalue weighted by atomic mass is 10.2. The molecular weight excluding hydrogens is 517 g/mol. The summed E-state index contributed by atoms with van der Waals surface area (Å²) in [7, 11) is 0. The summed E-state index contributed by atoms with van der Waals surface area (Å²) in [5.41, 5.74) is -0.145. The van der Waals surface area contributed by atoms with Crippen molar-refractivity contribution in [3.63, 3.8) is 0 Å². The second-order valence-electron chi connectivity index (χ2n) is 8.81. The van der Waals surface area contributed by atoms with E-state index in [2.05, 4.69) is 15.3 Å². The van der Waals surface area contributed by atoms with Gasteiger partial charge in [0.25, 0.3) is 0 Å². The van der Waals surface area contributed by atoms with Gasteiger partial charge in [0, 0.05) is 23.3 Å². The van der Waals surface area contributed by atoms with Crippen molar-refractivity contribution in [2.24, 2.45) is 11.8 Å². The molecule has 194 valence electrons. The van der Waals surface area contributed by atoms with E-state index in [0.29, 0.717) is 22.9 Å². The molecular formula is C26H21ClFN5O5. The molecule has 1 fully saturated rings. The van der Waals surface area contributed by atoms with Crippen LogP contribution in [0.15, 0.2) is 76.3 Å². The normalized spacial score (nSPS) is 16.2. The van der Waals surface area contributed by atoms with Gasteiger partial charge in [-0.2, -0.15) is 14.4 Å². The first-order valence-electron chi connectivity index (χ1n) is 11.6. The summed E-state index contributed by atoms with van der Waals surface area (Å²) in [5, 5.41) is 12.7. The molecule has 0 radical (unpaired) electrons. The third-order valence-electron chi connectivity index (χ3n) is 6.08. The number of carboxylic acid groups (broad SMARTS) is 1. The summed E-state index contributed by atoms with van der Waals surface area (Å²) < 4.78 is 21.1. The van der Waals surface area contributed by atoms with Crippen molar-refractivity contribution in [2.45, 2.75) is 19.5 Å². The maximum Gasteiger partial charge on any atom is 0.354 e. The Balaban J connectivity index is 1.43. The minimum Gasteiger partial charge on any atom is -0.481 e. The molecule has 1 aliphatic rings. The molecule has 2 N–H and O–H groups in total. The van der Waals surface area contributed by atoms with Gasteiger partial charge in [0.1, 0.15) is 5.75 Å². The van der Waals surface area contributed by atoms with Crippen molar-refractivity contribution in [1.82, 2.24) is 19.1 Å². The SMILES string of the molecule is O=C(O)[C@H]1C[C@H]1Cn1c(=O)nc(Nc2ccc(Oc3cccc(F)n3)cc2)n(Cc2ccc(Cl)cc2)c1=O. The number of aromatic nitrogens is 4. The molecule has 1 saturated carbocycles. The fraction of sp³-hybridized carbons (Fsp3) is 0.192. The van der Waals surface area contributed by atoms with Crippen molar-refractivity contribution in [1.29, 1.82) is 0 Å². The van der Waals surface area contributed by atoms with E-state index in [4.69, 9.17) is 16.3 Å². The molecule has 0 amide bonds. The van der Waals surface area contributed by atoms with E-state index in [9.17, 15) is 23.9 Å². The van der Waals surface area contributed by atoms with Crippen LogP contribution in [0.4, 0.5) is 16.0 Å². The highest BCUT2D eigenvalue weighted by molar-refractivity contribution is 6.30. The van der Waals surface area contributed by atoms with Crippen LogP contribution < -0.4 is 21.4 Å². The molecule has 12 heteroatoms. The Bertz CT molecular complexity index is 1600. The van der Waals surface area contributed by atoms with Gasteiger partial charge in [0.2, 0.25) is 17.8 Å². The predicted molar refractivity (Wildman–Crippen MR) is 137 cm³/mol. The van der Waals surface area contributed by atoms with Gasteiger partial charge < -0.3 is 15.2 Å². The number of anilines is 2. The molecule has 0 bridgehead atoms. The zero-order valence-corrected chi connectivity index (χ0v) is 20.5. The number of nitrogens with zero attached hydrogens (tertiary/aromatic N) is 4. The quantitative estimate of drug-likeness (QED) is 0.308. The average molecular weight is 538 g/mol. The number of benzene rings is 2. The monoisotopic (exact) mass is 537 g/mol. The van der Waals surface area contributed by atoms with Crippen LogP contribution >= 0.6 is 11.6 Å². The number of carboxylic acids is 1. The lowest BCUT2D eigenvalue weighted by Crippen LogP contribution is -2.43. The molecule has 2 atom stereocenters. The number of hydrogen-bond acceptors (Lipinski definition) is 7. The highest BCUT2D eigenvalue weighted by Gasteiger charge is 2.43. The van der Waals surface area contributed by atoms with Crippen molar-refractivity contribution >= 4 is 29.2 Å². The van der Waals surface area contributed by atoms with Gasteiger partial charge in [-0.25, -0.2) is 14.2 Å². The zero-order valence-electron chi connectivity index (χ0n) is 19.8. The molecule has 2 heterocycles. The molecule has 0 saturated heterocycles. The zero-order chi connectivity index (χ0) is 26.8. The summed E-state index contributed by atoms with van der Waals surface area (Å²) in [4.78, 5) is 45.2. The van der Waals surface area contributed by atoms with Crippen LogP contribution in [0.25, 0.3) is 0 Å². The van der Waals surface area contributed by atoms with Gasteiger partial charge in [-0.1, -0.05) is 29.8 Å². The van der Waals surface area contributed by atoms with Crippen LogP contribution in [0.3, 0.4) is 0 Å². The molecule has 38 heavy (non-hydrogen) atoms. The van der Waals surface area contributed by atoms with Gasteiger partial charge in [0.05, 0.1) is 12.5 Å². The van der Waals surface area contributed by atoms with E-state index in [1.165, 1.54) is 22.8 Å². The lowest BCUT2D eigenvalue weighted by Gasteiger charge is -2.16. The first-order valence-corrected chi connectivity index (χ1v) is 12.0. The first-order chi connectivity index (χ1) is 18.3. The number of halogens is 2. The summed E-state index contributed by atoms with van der Waals surface area (Å²) >= 11 is 5.99. The molecule has 4 aromatic rings. The summed E-state index contributed by atoms with van der Waals surface area (Å²) in [5.74, 6) is -2.00. The van der Waals surface area contributed by atoms with E-state index in [0.717, 1.165) is 10.1 Å². The maximum absolute atomic E-state index is 13.4. The predicted octanol–water partition coefficient (Wildman–Crippen LogP) is 3.90. The van der Waals surface area contributed by atoms with Crippen LogP contribution in [-0.4, -0.2) is 30.2 Å². The minimum absolute atomic E-state index is 0.0113. The van der Waals surface area contributed by atoms with Gasteiger partial charge >= 0.3 is 17.3 Å². The summed E-state index contributed by atoms with van der Waals surface area (Å²) in [6.07, 6.45) is 0.401. The Morgan fingerprint density at radius 2 is 1.79 bits per heavy atom. The Morgan fingerprint density at radius 3 is 2.45 bits per heavy atom. The second-order valence-corrected chi connectivity index (χ2v) is 9.25. The third kappa shape index (κ3) is 5.73. The summed E-state index contributed by atoms with van der Waals surface area (Å²) in [6, 6.07) is 17.6. The minimum atomic E-state index is -0.948. The highest BCUT2D eigenvalue weighted by atomic mass is 35.5. The number of pyridine rings is 1. The molecule has 5 rings (SSSR count). The standard InChI is InChI=1S/C26H21ClFN5O5/c27-17-6-4-15(5-7-17)13-32-24(31-25(36)33(26(32)37)14-16-12-20(16)23(34)35)29-18-8-10-19(11-9-18)38-22-3-1-2-21(28)30-22/h1-11,16,20H,12-14H2,(H,34,35)(H,29,31,36)/t16-,20-/m0/s1. The number of aliphatic carboxylic acids is 1. The smallest absolute Gasteiger partial charge is 0.354 e. The van der Waals surface area contributed by atoms with E-state index >= 15 is 0 Å². The molecule has 1 aliphatic carbocycles. The Kier molecular flexibility index (Phi) is 6.93. The number of nitrogens with one attached hydrogen (secondary N) is 1. The molecule has 0 aliphatic heterocycles. The fourth-order valence-corrected chi connectivity index (χ4v) is 4.11. The molecule has 0 spiro atoms. The Hall–Kier alpha value is -4.51. The van der Waals surface area contributed by atoms with E-state index in [1.807, 2.05) is 0 Å². The number of rotatable bonds is 9. The lowest BCUT2D eigenvalue weighted by molar-refractivity contribution is -0.138. The molecule has 0 unspecified atom stereocenters. The number of carbonyl (C=O) groups is 1. The van der Waals surface area contributed by atoms with Crippen molar-refractivity contribution in [3.8, 4) is 11.6 Å². The second kappa shape index (κ2) is 10.5. The number of ether oxygens (including phenoxy) is 1. The molecule has 2 aromatic heterocycles. The number of hydrogen-bond donors (Lipinski definition) is 2. The largest absolute Gasteiger partial charge is 0.481 e. The fourth-order valence-electron chi connectivity index (χ4n) is 3.98. The van der Waals surface area contributed by atoms with Gasteiger partial charge in [-0.15, -0.1) is 0 Å². The van der Waals surface area contributed by atoms with Crippen LogP contribution in [0.1, 0.15) is 12.0 Å². The Morgan fingerprint density at radius 1 is 1.05 bits per heavy atom.